The zero-order valence-corrected chi connectivity index (χ0v) is 10.8. The van der Waals surface area contributed by atoms with Crippen molar-refractivity contribution in [2.45, 2.75) is 42.4 Å². The number of hydrogen-bond donors (Lipinski definition) is 1. The Labute approximate surface area is 102 Å². The van der Waals surface area contributed by atoms with Gasteiger partial charge in [-0.1, -0.05) is 6.92 Å². The van der Waals surface area contributed by atoms with Gasteiger partial charge in [0.05, 0.1) is 0 Å². The Hall–Kier alpha value is -0.540. The number of rotatable bonds is 3. The van der Waals surface area contributed by atoms with Gasteiger partial charge in [0, 0.05) is 28.6 Å². The predicted octanol–water partition coefficient (Wildman–Crippen LogP) is 2.95. The third-order valence-electron chi connectivity index (χ3n) is 3.36. The van der Waals surface area contributed by atoms with Crippen molar-refractivity contribution in [1.82, 2.24) is 10.3 Å². The Balaban J connectivity index is 2.01. The van der Waals surface area contributed by atoms with Crippen molar-refractivity contribution in [3.63, 3.8) is 0 Å². The van der Waals surface area contributed by atoms with Gasteiger partial charge in [0.25, 0.3) is 0 Å². The van der Waals surface area contributed by atoms with E-state index in [0.29, 0.717) is 11.3 Å². The molecule has 0 aromatic carbocycles. The van der Waals surface area contributed by atoms with Crippen LogP contribution in [-0.4, -0.2) is 23.3 Å². The molecule has 3 heteroatoms. The van der Waals surface area contributed by atoms with Crippen molar-refractivity contribution in [3.8, 4) is 0 Å². The van der Waals surface area contributed by atoms with Crippen LogP contribution >= 0.6 is 11.8 Å². The average molecular weight is 236 g/mol. The molecular formula is C13H20N2S. The number of nitrogens with one attached hydrogen (secondary N) is 1. The molecule has 3 unspecified atom stereocenters. The van der Waals surface area contributed by atoms with E-state index >= 15 is 0 Å². The van der Waals surface area contributed by atoms with Crippen LogP contribution in [0, 0.1) is 5.92 Å². The highest BCUT2D eigenvalue weighted by atomic mass is 32.2. The van der Waals surface area contributed by atoms with Gasteiger partial charge in [0.15, 0.2) is 0 Å². The molecule has 1 heterocycles. The molecule has 1 saturated carbocycles. The molecule has 1 aromatic rings. The topological polar surface area (TPSA) is 24.9 Å². The fourth-order valence-corrected chi connectivity index (χ4v) is 3.87. The molecule has 0 spiro atoms. The monoisotopic (exact) mass is 236 g/mol. The summed E-state index contributed by atoms with van der Waals surface area (Å²) in [6, 6.07) is 4.88. The van der Waals surface area contributed by atoms with Crippen LogP contribution in [0.1, 0.15) is 26.2 Å². The lowest BCUT2D eigenvalue weighted by Crippen LogP contribution is -2.40. The molecule has 0 aliphatic heterocycles. The Kier molecular flexibility index (Phi) is 4.24. The lowest BCUT2D eigenvalue weighted by molar-refractivity contribution is 0.329. The summed E-state index contributed by atoms with van der Waals surface area (Å²) < 4.78 is 0. The third kappa shape index (κ3) is 2.98. The van der Waals surface area contributed by atoms with Gasteiger partial charge < -0.3 is 5.32 Å². The molecule has 1 aromatic heterocycles. The van der Waals surface area contributed by atoms with E-state index in [1.807, 2.05) is 24.2 Å². The number of nitrogens with zero attached hydrogens (tertiary/aromatic N) is 1. The van der Waals surface area contributed by atoms with Crippen LogP contribution in [0.4, 0.5) is 0 Å². The van der Waals surface area contributed by atoms with Gasteiger partial charge in [-0.15, -0.1) is 11.8 Å². The van der Waals surface area contributed by atoms with Gasteiger partial charge in [0.2, 0.25) is 0 Å². The van der Waals surface area contributed by atoms with Crippen LogP contribution in [0.15, 0.2) is 29.4 Å². The highest BCUT2D eigenvalue weighted by Gasteiger charge is 2.28. The molecule has 1 aliphatic carbocycles. The molecule has 0 radical (unpaired) electrons. The largest absolute Gasteiger partial charge is 0.316 e. The smallest absolute Gasteiger partial charge is 0.0278 e. The van der Waals surface area contributed by atoms with Gasteiger partial charge in [-0.05, 0) is 44.4 Å². The van der Waals surface area contributed by atoms with Gasteiger partial charge >= 0.3 is 0 Å². The Morgan fingerprint density at radius 1 is 1.31 bits per heavy atom. The highest BCUT2D eigenvalue weighted by molar-refractivity contribution is 8.00. The molecule has 1 aliphatic rings. The van der Waals surface area contributed by atoms with E-state index in [9.17, 15) is 0 Å². The summed E-state index contributed by atoms with van der Waals surface area (Å²) in [6.07, 6.45) is 7.74. The lowest BCUT2D eigenvalue weighted by atomic mass is 9.87. The van der Waals surface area contributed by atoms with Crippen LogP contribution in [0.5, 0.6) is 0 Å². The Bertz CT molecular complexity index is 315. The van der Waals surface area contributed by atoms with Gasteiger partial charge in [0.1, 0.15) is 0 Å². The summed E-state index contributed by atoms with van der Waals surface area (Å²) in [5.74, 6) is 0.865. The lowest BCUT2D eigenvalue weighted by Gasteiger charge is -2.34. The van der Waals surface area contributed by atoms with Crippen molar-refractivity contribution < 1.29 is 0 Å². The summed E-state index contributed by atoms with van der Waals surface area (Å²) in [4.78, 5) is 5.41. The number of pyridine rings is 1. The fraction of sp³-hybridized carbons (Fsp3) is 0.615. The number of aromatic nitrogens is 1. The first-order valence-electron chi connectivity index (χ1n) is 6.03. The van der Waals surface area contributed by atoms with E-state index in [0.717, 1.165) is 5.92 Å². The fourth-order valence-electron chi connectivity index (χ4n) is 2.38. The first kappa shape index (κ1) is 11.9. The van der Waals surface area contributed by atoms with E-state index in [2.05, 4.69) is 36.4 Å². The van der Waals surface area contributed by atoms with Gasteiger partial charge in [-0.2, -0.15) is 0 Å². The van der Waals surface area contributed by atoms with E-state index in [-0.39, 0.29) is 0 Å². The van der Waals surface area contributed by atoms with E-state index in [4.69, 9.17) is 0 Å². The minimum absolute atomic E-state index is 0.661. The van der Waals surface area contributed by atoms with Gasteiger partial charge in [-0.25, -0.2) is 0 Å². The second-order valence-corrected chi connectivity index (χ2v) is 5.97. The van der Waals surface area contributed by atoms with E-state index in [1.165, 1.54) is 24.2 Å². The normalized spacial score (nSPS) is 30.2. The zero-order valence-electron chi connectivity index (χ0n) is 10.0. The van der Waals surface area contributed by atoms with E-state index < -0.39 is 0 Å². The van der Waals surface area contributed by atoms with Crippen molar-refractivity contribution in [1.29, 1.82) is 0 Å². The SMILES string of the molecule is CNC1CCC(C)CC1Sc1ccncc1. The molecule has 0 bridgehead atoms. The van der Waals surface area contributed by atoms with Crippen molar-refractivity contribution in [3.05, 3.63) is 24.5 Å². The maximum atomic E-state index is 4.06. The minimum Gasteiger partial charge on any atom is -0.316 e. The quantitative estimate of drug-likeness (QED) is 0.873. The Morgan fingerprint density at radius 3 is 2.75 bits per heavy atom. The maximum Gasteiger partial charge on any atom is 0.0278 e. The molecule has 2 nitrogen and oxygen atoms in total. The van der Waals surface area contributed by atoms with Gasteiger partial charge in [-0.3, -0.25) is 4.98 Å². The predicted molar refractivity (Wildman–Crippen MR) is 69.7 cm³/mol. The number of thioether (sulfide) groups is 1. The van der Waals surface area contributed by atoms with Crippen LogP contribution in [0.3, 0.4) is 0 Å². The summed E-state index contributed by atoms with van der Waals surface area (Å²) in [5, 5.41) is 4.16. The summed E-state index contributed by atoms with van der Waals surface area (Å²) >= 11 is 2.00. The van der Waals surface area contributed by atoms with E-state index in [1.54, 1.807) is 0 Å². The maximum absolute atomic E-state index is 4.06. The molecule has 88 valence electrons. The second-order valence-electron chi connectivity index (χ2n) is 4.65. The molecule has 0 amide bonds. The number of hydrogen-bond acceptors (Lipinski definition) is 3. The van der Waals surface area contributed by atoms with Crippen LogP contribution < -0.4 is 5.32 Å². The average Bonchev–Trinajstić information content (AvgIpc) is 2.31. The minimum atomic E-state index is 0.661. The summed E-state index contributed by atoms with van der Waals surface area (Å²) in [5.41, 5.74) is 0. The van der Waals surface area contributed by atoms with Crippen molar-refractivity contribution >= 4 is 11.8 Å². The zero-order chi connectivity index (χ0) is 11.4. The van der Waals surface area contributed by atoms with Crippen LogP contribution in [0.25, 0.3) is 0 Å². The molecule has 1 N–H and O–H groups in total. The standard InChI is InChI=1S/C13H20N2S/c1-10-3-4-12(14-2)13(9-10)16-11-5-7-15-8-6-11/h5-8,10,12-14H,3-4,9H2,1-2H3. The molecule has 3 atom stereocenters. The molecule has 1 fully saturated rings. The molecule has 2 rings (SSSR count). The first-order chi connectivity index (χ1) is 7.79. The molecule has 0 saturated heterocycles. The Morgan fingerprint density at radius 2 is 2.06 bits per heavy atom. The summed E-state index contributed by atoms with van der Waals surface area (Å²) in [6.45, 7) is 2.37. The first-order valence-corrected chi connectivity index (χ1v) is 6.91. The summed E-state index contributed by atoms with van der Waals surface area (Å²) in [7, 11) is 2.08. The molecule has 16 heavy (non-hydrogen) atoms. The van der Waals surface area contributed by atoms with Crippen molar-refractivity contribution in [2.24, 2.45) is 5.92 Å². The molecular weight excluding hydrogens is 216 g/mol. The highest BCUT2D eigenvalue weighted by Crippen LogP contribution is 2.35. The second kappa shape index (κ2) is 5.69. The van der Waals surface area contributed by atoms with Crippen LogP contribution in [-0.2, 0) is 0 Å². The van der Waals surface area contributed by atoms with Crippen LogP contribution in [0.2, 0.25) is 0 Å². The third-order valence-corrected chi connectivity index (χ3v) is 4.73. The van der Waals surface area contributed by atoms with Crippen molar-refractivity contribution in [2.75, 3.05) is 7.05 Å².